The lowest BCUT2D eigenvalue weighted by atomic mass is 10.1. The number of hydrogen-bond acceptors (Lipinski definition) is 3. The van der Waals surface area contributed by atoms with Gasteiger partial charge in [0.25, 0.3) is 5.92 Å². The number of carbonyl (C=O) groups excluding carboxylic acids is 2. The van der Waals surface area contributed by atoms with E-state index in [2.05, 4.69) is 16.0 Å². The second kappa shape index (κ2) is 7.17. The number of nitrogens with one attached hydrogen (secondary N) is 3. The maximum Gasteiger partial charge on any atom is 0.262 e. The SMILES string of the molecule is CC(C)(C)NC(=O)CCNC(=O)C1CC(F)(F)CN1.Cl. The van der Waals surface area contributed by atoms with Gasteiger partial charge < -0.3 is 10.6 Å². The van der Waals surface area contributed by atoms with Crippen molar-refractivity contribution in [1.82, 2.24) is 16.0 Å². The maximum atomic E-state index is 12.9. The molecule has 0 aromatic heterocycles. The van der Waals surface area contributed by atoms with Gasteiger partial charge in [-0.15, -0.1) is 12.4 Å². The zero-order valence-corrected chi connectivity index (χ0v) is 12.7. The van der Waals surface area contributed by atoms with E-state index in [4.69, 9.17) is 0 Å². The molecular weight excluding hydrogens is 292 g/mol. The van der Waals surface area contributed by atoms with Gasteiger partial charge in [0, 0.05) is 24.9 Å². The first kappa shape index (κ1) is 19.1. The van der Waals surface area contributed by atoms with Gasteiger partial charge in [-0.3, -0.25) is 14.9 Å². The van der Waals surface area contributed by atoms with Crippen molar-refractivity contribution in [3.8, 4) is 0 Å². The van der Waals surface area contributed by atoms with Crippen LogP contribution in [0.1, 0.15) is 33.6 Å². The number of rotatable bonds is 4. The average Bonchev–Trinajstić information content (AvgIpc) is 2.56. The summed E-state index contributed by atoms with van der Waals surface area (Å²) in [4.78, 5) is 23.0. The first-order valence-corrected chi connectivity index (χ1v) is 6.29. The zero-order chi connectivity index (χ0) is 14.7. The fourth-order valence-electron chi connectivity index (χ4n) is 1.80. The summed E-state index contributed by atoms with van der Waals surface area (Å²) >= 11 is 0. The van der Waals surface area contributed by atoms with Crippen molar-refractivity contribution in [2.75, 3.05) is 13.1 Å². The van der Waals surface area contributed by atoms with Crippen molar-refractivity contribution in [2.45, 2.75) is 51.1 Å². The van der Waals surface area contributed by atoms with Crippen LogP contribution in [-0.2, 0) is 9.59 Å². The Bertz CT molecular complexity index is 359. The molecule has 8 heteroatoms. The Kier molecular flexibility index (Phi) is 6.83. The van der Waals surface area contributed by atoms with Gasteiger partial charge in [-0.25, -0.2) is 8.78 Å². The lowest BCUT2D eigenvalue weighted by Gasteiger charge is -2.20. The smallest absolute Gasteiger partial charge is 0.262 e. The molecule has 0 aromatic rings. The Labute approximate surface area is 123 Å². The van der Waals surface area contributed by atoms with Crippen LogP contribution in [-0.4, -0.2) is 42.4 Å². The highest BCUT2D eigenvalue weighted by molar-refractivity contribution is 5.85. The van der Waals surface area contributed by atoms with E-state index in [1.807, 2.05) is 20.8 Å². The Morgan fingerprint density at radius 1 is 1.35 bits per heavy atom. The molecule has 0 saturated carbocycles. The molecule has 0 radical (unpaired) electrons. The summed E-state index contributed by atoms with van der Waals surface area (Å²) in [5.74, 6) is -3.50. The van der Waals surface area contributed by atoms with E-state index in [-0.39, 0.29) is 36.8 Å². The maximum absolute atomic E-state index is 12.9. The average molecular weight is 314 g/mol. The Balaban J connectivity index is 0.00000361. The van der Waals surface area contributed by atoms with Crippen LogP contribution in [0.4, 0.5) is 8.78 Å². The highest BCUT2D eigenvalue weighted by Gasteiger charge is 2.42. The van der Waals surface area contributed by atoms with Crippen LogP contribution in [0.25, 0.3) is 0 Å². The molecule has 1 aliphatic rings. The predicted octanol–water partition coefficient (Wildman–Crippen LogP) is 0.826. The monoisotopic (exact) mass is 313 g/mol. The standard InChI is InChI=1S/C12H21F2N3O2.ClH/c1-11(2,3)17-9(18)4-5-15-10(19)8-6-12(13,14)7-16-8;/h8,16H,4-7H2,1-3H3,(H,15,19)(H,17,18);1H. The molecule has 2 amide bonds. The number of hydrogen-bond donors (Lipinski definition) is 3. The van der Waals surface area contributed by atoms with Gasteiger partial charge in [-0.05, 0) is 20.8 Å². The van der Waals surface area contributed by atoms with Gasteiger partial charge in [0.2, 0.25) is 11.8 Å². The van der Waals surface area contributed by atoms with E-state index in [9.17, 15) is 18.4 Å². The molecule has 0 bridgehead atoms. The zero-order valence-electron chi connectivity index (χ0n) is 11.9. The molecule has 0 aromatic carbocycles. The van der Waals surface area contributed by atoms with E-state index >= 15 is 0 Å². The Morgan fingerprint density at radius 2 is 1.95 bits per heavy atom. The van der Waals surface area contributed by atoms with Gasteiger partial charge >= 0.3 is 0 Å². The molecule has 1 atom stereocenters. The van der Waals surface area contributed by atoms with E-state index in [1.165, 1.54) is 0 Å². The molecular formula is C12H22ClF2N3O2. The lowest BCUT2D eigenvalue weighted by Crippen LogP contribution is -2.44. The van der Waals surface area contributed by atoms with Crippen molar-refractivity contribution in [2.24, 2.45) is 0 Å². The lowest BCUT2D eigenvalue weighted by molar-refractivity contribution is -0.124. The largest absolute Gasteiger partial charge is 0.354 e. The van der Waals surface area contributed by atoms with Gasteiger partial charge in [-0.1, -0.05) is 0 Å². The first-order valence-electron chi connectivity index (χ1n) is 6.29. The molecule has 1 heterocycles. The molecule has 1 unspecified atom stereocenters. The summed E-state index contributed by atoms with van der Waals surface area (Å²) in [6, 6.07) is -0.874. The fourth-order valence-corrected chi connectivity index (χ4v) is 1.80. The van der Waals surface area contributed by atoms with Crippen molar-refractivity contribution in [1.29, 1.82) is 0 Å². The third kappa shape index (κ3) is 7.00. The summed E-state index contributed by atoms with van der Waals surface area (Å²) in [7, 11) is 0. The molecule has 20 heavy (non-hydrogen) atoms. The number of amides is 2. The fraction of sp³-hybridized carbons (Fsp3) is 0.833. The Morgan fingerprint density at radius 3 is 2.40 bits per heavy atom. The van der Waals surface area contributed by atoms with Crippen LogP contribution < -0.4 is 16.0 Å². The van der Waals surface area contributed by atoms with Gasteiger partial charge in [0.1, 0.15) is 0 Å². The van der Waals surface area contributed by atoms with Gasteiger partial charge in [-0.2, -0.15) is 0 Å². The highest BCUT2D eigenvalue weighted by Crippen LogP contribution is 2.24. The summed E-state index contributed by atoms with van der Waals surface area (Å²) in [5.41, 5.74) is -0.323. The van der Waals surface area contributed by atoms with E-state index < -0.39 is 30.8 Å². The molecule has 1 rings (SSSR count). The van der Waals surface area contributed by atoms with E-state index in [0.29, 0.717) is 0 Å². The first-order chi connectivity index (χ1) is 8.59. The van der Waals surface area contributed by atoms with Crippen LogP contribution in [0.15, 0.2) is 0 Å². The summed E-state index contributed by atoms with van der Waals surface area (Å²) < 4.78 is 25.8. The highest BCUT2D eigenvalue weighted by atomic mass is 35.5. The van der Waals surface area contributed by atoms with Crippen molar-refractivity contribution >= 4 is 24.2 Å². The molecule has 3 N–H and O–H groups in total. The molecule has 0 spiro atoms. The van der Waals surface area contributed by atoms with E-state index in [0.717, 1.165) is 0 Å². The van der Waals surface area contributed by atoms with Crippen LogP contribution in [0.2, 0.25) is 0 Å². The summed E-state index contributed by atoms with van der Waals surface area (Å²) in [5, 5.41) is 7.69. The second-order valence-electron chi connectivity index (χ2n) is 5.83. The molecule has 118 valence electrons. The van der Waals surface area contributed by atoms with Gasteiger partial charge in [0.05, 0.1) is 12.6 Å². The topological polar surface area (TPSA) is 70.2 Å². The minimum atomic E-state index is -2.83. The predicted molar refractivity (Wildman–Crippen MR) is 74.1 cm³/mol. The normalized spacial score (nSPS) is 20.9. The van der Waals surface area contributed by atoms with Crippen LogP contribution in [0.5, 0.6) is 0 Å². The Hall–Kier alpha value is -0.950. The summed E-state index contributed by atoms with van der Waals surface area (Å²) in [6.07, 6.45) is -0.362. The number of alkyl halides is 2. The van der Waals surface area contributed by atoms with Crippen LogP contribution in [0.3, 0.4) is 0 Å². The van der Waals surface area contributed by atoms with Crippen molar-refractivity contribution in [3.05, 3.63) is 0 Å². The third-order valence-electron chi connectivity index (χ3n) is 2.59. The summed E-state index contributed by atoms with van der Waals surface area (Å²) in [6.45, 7) is 5.23. The second-order valence-corrected chi connectivity index (χ2v) is 5.83. The minimum Gasteiger partial charge on any atom is -0.354 e. The third-order valence-corrected chi connectivity index (χ3v) is 2.59. The van der Waals surface area contributed by atoms with Gasteiger partial charge in [0.15, 0.2) is 0 Å². The van der Waals surface area contributed by atoms with Crippen LogP contribution in [0, 0.1) is 0 Å². The number of carbonyl (C=O) groups is 2. The quantitative estimate of drug-likeness (QED) is 0.720. The molecule has 1 saturated heterocycles. The van der Waals surface area contributed by atoms with Crippen molar-refractivity contribution < 1.29 is 18.4 Å². The van der Waals surface area contributed by atoms with Crippen molar-refractivity contribution in [3.63, 3.8) is 0 Å². The molecule has 1 aliphatic heterocycles. The molecule has 0 aliphatic carbocycles. The van der Waals surface area contributed by atoms with Crippen LogP contribution >= 0.6 is 12.4 Å². The number of halogens is 3. The minimum absolute atomic E-state index is 0. The molecule has 1 fully saturated rings. The molecule has 5 nitrogen and oxygen atoms in total. The van der Waals surface area contributed by atoms with E-state index in [1.54, 1.807) is 0 Å².